The van der Waals surface area contributed by atoms with Gasteiger partial charge in [0.2, 0.25) is 6.79 Å². The van der Waals surface area contributed by atoms with Crippen LogP contribution in [0.15, 0.2) is 36.5 Å². The molecule has 0 spiro atoms. The molecule has 0 N–H and O–H groups in total. The fourth-order valence-corrected chi connectivity index (χ4v) is 1.71. The van der Waals surface area contributed by atoms with E-state index < -0.39 is 5.97 Å². The number of halogens is 1. The Morgan fingerprint density at radius 1 is 1.21 bits per heavy atom. The van der Waals surface area contributed by atoms with E-state index in [0.717, 1.165) is 0 Å². The Bertz CT molecular complexity index is 627. The van der Waals surface area contributed by atoms with Crippen molar-refractivity contribution in [3.63, 3.8) is 0 Å². The minimum absolute atomic E-state index is 0.174. The van der Waals surface area contributed by atoms with E-state index in [1.807, 2.05) is 0 Å². The van der Waals surface area contributed by atoms with Gasteiger partial charge < -0.3 is 14.2 Å². The van der Waals surface area contributed by atoms with Crippen molar-refractivity contribution in [3.05, 3.63) is 47.2 Å². The lowest BCUT2D eigenvalue weighted by molar-refractivity contribution is 0.0734. The van der Waals surface area contributed by atoms with Crippen LogP contribution >= 0.6 is 11.6 Å². The Labute approximate surface area is 113 Å². The highest BCUT2D eigenvalue weighted by Crippen LogP contribution is 2.35. The molecule has 2 aromatic rings. The number of benzene rings is 1. The zero-order valence-corrected chi connectivity index (χ0v) is 10.4. The lowest BCUT2D eigenvalue weighted by atomic mass is 10.3. The molecule has 1 aromatic carbocycles. The van der Waals surface area contributed by atoms with Gasteiger partial charge in [0.1, 0.15) is 10.9 Å². The second-order valence-electron chi connectivity index (χ2n) is 3.77. The lowest BCUT2D eigenvalue weighted by Crippen LogP contribution is -2.08. The van der Waals surface area contributed by atoms with Crippen molar-refractivity contribution in [2.24, 2.45) is 0 Å². The van der Waals surface area contributed by atoms with Gasteiger partial charge in [0.15, 0.2) is 11.5 Å². The van der Waals surface area contributed by atoms with Crippen LogP contribution in [0.25, 0.3) is 0 Å². The van der Waals surface area contributed by atoms with E-state index in [1.165, 1.54) is 12.3 Å². The summed E-state index contributed by atoms with van der Waals surface area (Å²) in [5.41, 5.74) is 0.321. The normalized spacial score (nSPS) is 12.3. The number of hydrogen-bond donors (Lipinski definition) is 0. The van der Waals surface area contributed by atoms with Crippen molar-refractivity contribution >= 4 is 17.6 Å². The fraction of sp³-hybridized carbons (Fsp3) is 0.0769. The summed E-state index contributed by atoms with van der Waals surface area (Å²) in [6.07, 6.45) is 1.36. The van der Waals surface area contributed by atoms with E-state index in [9.17, 15) is 4.79 Å². The van der Waals surface area contributed by atoms with E-state index >= 15 is 0 Å². The van der Waals surface area contributed by atoms with Crippen molar-refractivity contribution in [3.8, 4) is 17.2 Å². The molecule has 2 heterocycles. The zero-order valence-electron chi connectivity index (χ0n) is 9.63. The molecule has 0 unspecified atom stereocenters. The monoisotopic (exact) mass is 277 g/mol. The topological polar surface area (TPSA) is 57.7 Å². The van der Waals surface area contributed by atoms with Gasteiger partial charge in [-0.05, 0) is 24.3 Å². The number of rotatable bonds is 2. The van der Waals surface area contributed by atoms with Gasteiger partial charge in [-0.1, -0.05) is 11.6 Å². The average Bonchev–Trinajstić information content (AvgIpc) is 2.87. The Morgan fingerprint density at radius 2 is 2.05 bits per heavy atom. The first-order valence-electron chi connectivity index (χ1n) is 5.46. The summed E-state index contributed by atoms with van der Waals surface area (Å²) < 4.78 is 15.6. The molecule has 1 aromatic heterocycles. The highest BCUT2D eigenvalue weighted by Gasteiger charge is 2.16. The number of nitrogens with zero attached hydrogens (tertiary/aromatic N) is 1. The van der Waals surface area contributed by atoms with Crippen LogP contribution in [-0.4, -0.2) is 17.7 Å². The molecule has 6 heteroatoms. The Morgan fingerprint density at radius 3 is 2.84 bits per heavy atom. The summed E-state index contributed by atoms with van der Waals surface area (Å²) in [6, 6.07) is 7.99. The molecule has 3 rings (SSSR count). The summed E-state index contributed by atoms with van der Waals surface area (Å²) >= 11 is 5.65. The lowest BCUT2D eigenvalue weighted by Gasteiger charge is -2.05. The highest BCUT2D eigenvalue weighted by atomic mass is 35.5. The molecular weight excluding hydrogens is 270 g/mol. The molecule has 0 fully saturated rings. The minimum Gasteiger partial charge on any atom is -0.454 e. The summed E-state index contributed by atoms with van der Waals surface area (Å²) in [5.74, 6) is 1.06. The molecular formula is C13H8ClNO4. The average molecular weight is 278 g/mol. The number of carbonyl (C=O) groups excluding carboxylic acids is 1. The summed E-state index contributed by atoms with van der Waals surface area (Å²) in [7, 11) is 0. The predicted molar refractivity (Wildman–Crippen MR) is 66.8 cm³/mol. The maximum absolute atomic E-state index is 11.8. The van der Waals surface area contributed by atoms with Gasteiger partial charge in [-0.25, -0.2) is 9.78 Å². The molecule has 0 bridgehead atoms. The minimum atomic E-state index is -0.511. The van der Waals surface area contributed by atoms with Gasteiger partial charge in [0.25, 0.3) is 0 Å². The maximum Gasteiger partial charge on any atom is 0.345 e. The Hall–Kier alpha value is -2.27. The molecule has 0 saturated carbocycles. The molecule has 0 atom stereocenters. The van der Waals surface area contributed by atoms with Crippen LogP contribution in [0, 0.1) is 0 Å². The van der Waals surface area contributed by atoms with Crippen molar-refractivity contribution in [2.75, 3.05) is 6.79 Å². The first-order chi connectivity index (χ1) is 9.22. The zero-order chi connectivity index (χ0) is 13.2. The summed E-state index contributed by atoms with van der Waals surface area (Å²) in [4.78, 5) is 15.7. The van der Waals surface area contributed by atoms with E-state index in [4.69, 9.17) is 25.8 Å². The van der Waals surface area contributed by atoms with Gasteiger partial charge in [0.05, 0.1) is 5.56 Å². The van der Waals surface area contributed by atoms with Crippen LogP contribution in [-0.2, 0) is 0 Å². The SMILES string of the molecule is O=C(Oc1ccc2c(c1)OCO2)c1ccc(Cl)nc1. The molecule has 96 valence electrons. The quantitative estimate of drug-likeness (QED) is 0.480. The molecule has 0 saturated heterocycles. The number of ether oxygens (including phenoxy) is 3. The fourth-order valence-electron chi connectivity index (χ4n) is 1.60. The number of fused-ring (bicyclic) bond motifs is 1. The standard InChI is InChI=1S/C13H8ClNO4/c14-12-4-1-8(6-15-12)13(16)19-9-2-3-10-11(5-9)18-7-17-10/h1-6H,7H2. The van der Waals surface area contributed by atoms with Crippen molar-refractivity contribution in [2.45, 2.75) is 0 Å². The Kier molecular flexibility index (Phi) is 2.97. The first kappa shape index (κ1) is 11.8. The molecule has 0 amide bonds. The van der Waals surface area contributed by atoms with Crippen LogP contribution in [0.5, 0.6) is 17.2 Å². The Balaban J connectivity index is 1.77. The van der Waals surface area contributed by atoms with Gasteiger partial charge in [-0.3, -0.25) is 0 Å². The van der Waals surface area contributed by atoms with E-state index in [1.54, 1.807) is 24.3 Å². The van der Waals surface area contributed by atoms with E-state index in [-0.39, 0.29) is 6.79 Å². The third kappa shape index (κ3) is 2.46. The summed E-state index contributed by atoms with van der Waals surface area (Å²) in [6.45, 7) is 0.174. The van der Waals surface area contributed by atoms with Gasteiger partial charge >= 0.3 is 5.97 Å². The number of aromatic nitrogens is 1. The van der Waals surface area contributed by atoms with Crippen LogP contribution < -0.4 is 14.2 Å². The van der Waals surface area contributed by atoms with Gasteiger partial charge in [-0.15, -0.1) is 0 Å². The van der Waals surface area contributed by atoms with Gasteiger partial charge in [0, 0.05) is 12.3 Å². The largest absolute Gasteiger partial charge is 0.454 e. The summed E-state index contributed by atoms with van der Waals surface area (Å²) in [5, 5.41) is 0.319. The van der Waals surface area contributed by atoms with Crippen LogP contribution in [0.3, 0.4) is 0 Å². The van der Waals surface area contributed by atoms with Crippen molar-refractivity contribution in [1.82, 2.24) is 4.98 Å². The maximum atomic E-state index is 11.8. The van der Waals surface area contributed by atoms with Crippen molar-refractivity contribution < 1.29 is 19.0 Å². The number of hydrogen-bond acceptors (Lipinski definition) is 5. The van der Waals surface area contributed by atoms with Crippen LogP contribution in [0.2, 0.25) is 5.15 Å². The molecule has 5 nitrogen and oxygen atoms in total. The predicted octanol–water partition coefficient (Wildman–Crippen LogP) is 2.68. The number of pyridine rings is 1. The van der Waals surface area contributed by atoms with Gasteiger partial charge in [-0.2, -0.15) is 0 Å². The third-order valence-electron chi connectivity index (χ3n) is 2.52. The van der Waals surface area contributed by atoms with E-state index in [0.29, 0.717) is 28.0 Å². The molecule has 0 radical (unpaired) electrons. The highest BCUT2D eigenvalue weighted by molar-refractivity contribution is 6.29. The van der Waals surface area contributed by atoms with Crippen LogP contribution in [0.1, 0.15) is 10.4 Å². The third-order valence-corrected chi connectivity index (χ3v) is 2.74. The number of carbonyl (C=O) groups is 1. The first-order valence-corrected chi connectivity index (χ1v) is 5.83. The number of esters is 1. The smallest absolute Gasteiger partial charge is 0.345 e. The molecule has 1 aliphatic rings. The van der Waals surface area contributed by atoms with E-state index in [2.05, 4.69) is 4.98 Å². The van der Waals surface area contributed by atoms with Crippen LogP contribution in [0.4, 0.5) is 0 Å². The second kappa shape index (κ2) is 4.78. The second-order valence-corrected chi connectivity index (χ2v) is 4.16. The molecule has 19 heavy (non-hydrogen) atoms. The molecule has 0 aliphatic carbocycles. The molecule has 1 aliphatic heterocycles. The van der Waals surface area contributed by atoms with Crippen molar-refractivity contribution in [1.29, 1.82) is 0 Å².